The van der Waals surface area contributed by atoms with E-state index >= 15 is 0 Å². The van der Waals surface area contributed by atoms with Crippen LogP contribution in [0, 0.1) is 0 Å². The summed E-state index contributed by atoms with van der Waals surface area (Å²) in [6.45, 7) is 0. The molecular formula is C21H15N5OS. The van der Waals surface area contributed by atoms with E-state index in [0.717, 1.165) is 27.4 Å². The van der Waals surface area contributed by atoms with Gasteiger partial charge >= 0.3 is 0 Å². The molecule has 7 heteroatoms. The molecule has 0 bridgehead atoms. The Balaban J connectivity index is 1.59. The lowest BCUT2D eigenvalue weighted by Crippen LogP contribution is -2.16. The molecule has 0 saturated heterocycles. The Labute approximate surface area is 164 Å². The van der Waals surface area contributed by atoms with Crippen molar-refractivity contribution in [2.45, 2.75) is 6.42 Å². The monoisotopic (exact) mass is 385 g/mol. The van der Waals surface area contributed by atoms with Crippen molar-refractivity contribution >= 4 is 45.7 Å². The largest absolute Gasteiger partial charge is 0.383 e. The maximum absolute atomic E-state index is 12.6. The minimum Gasteiger partial charge on any atom is -0.383 e. The third kappa shape index (κ3) is 2.82. The first kappa shape index (κ1) is 16.6. The molecule has 2 aromatic heterocycles. The second kappa shape index (κ2) is 6.54. The number of allylic oxidation sites excluding steroid dienone is 1. The minimum absolute atomic E-state index is 0.288. The molecule has 0 aliphatic carbocycles. The quantitative estimate of drug-likeness (QED) is 0.584. The minimum atomic E-state index is -0.363. The summed E-state index contributed by atoms with van der Waals surface area (Å²) in [6.07, 6.45) is 4.14. The summed E-state index contributed by atoms with van der Waals surface area (Å²) in [5, 5.41) is 5.42. The van der Waals surface area contributed by atoms with Crippen LogP contribution in [0.3, 0.4) is 0 Å². The Morgan fingerprint density at radius 3 is 2.71 bits per heavy atom. The van der Waals surface area contributed by atoms with Gasteiger partial charge in [0, 0.05) is 23.8 Å². The molecule has 0 spiro atoms. The lowest BCUT2D eigenvalue weighted by molar-refractivity contribution is 0.901. The number of fused-ring (bicyclic) bond motifs is 2. The van der Waals surface area contributed by atoms with Crippen LogP contribution in [0.25, 0.3) is 16.6 Å². The molecule has 136 valence electrons. The fraction of sp³-hybridized carbons (Fsp3) is 0.0476. The van der Waals surface area contributed by atoms with Crippen LogP contribution >= 0.6 is 11.3 Å². The second-order valence-electron chi connectivity index (χ2n) is 6.44. The number of nitrogen functional groups attached to an aromatic ring is 1. The summed E-state index contributed by atoms with van der Waals surface area (Å²) in [5.41, 5.74) is 10.1. The number of rotatable bonds is 3. The Hall–Kier alpha value is -3.58. The van der Waals surface area contributed by atoms with E-state index in [2.05, 4.69) is 15.1 Å². The van der Waals surface area contributed by atoms with Gasteiger partial charge < -0.3 is 5.73 Å². The van der Waals surface area contributed by atoms with Crippen LogP contribution in [-0.2, 0) is 6.42 Å². The Kier molecular flexibility index (Phi) is 3.87. The topological polar surface area (TPSA) is 85.6 Å². The lowest BCUT2D eigenvalue weighted by Gasteiger charge is -2.03. The zero-order valence-electron chi connectivity index (χ0n) is 14.7. The summed E-state index contributed by atoms with van der Waals surface area (Å²) in [5.74, 6) is 0.288. The highest BCUT2D eigenvalue weighted by Crippen LogP contribution is 2.32. The molecule has 1 aliphatic rings. The average molecular weight is 385 g/mol. The van der Waals surface area contributed by atoms with E-state index in [1.165, 1.54) is 11.3 Å². The van der Waals surface area contributed by atoms with Gasteiger partial charge in [0.1, 0.15) is 10.8 Å². The molecule has 0 radical (unpaired) electrons. The number of hydrogen-bond acceptors (Lipinski definition) is 6. The molecule has 28 heavy (non-hydrogen) atoms. The van der Waals surface area contributed by atoms with Gasteiger partial charge in [0.15, 0.2) is 0 Å². The molecule has 6 nitrogen and oxygen atoms in total. The molecule has 0 unspecified atom stereocenters. The smallest absolute Gasteiger partial charge is 0.283 e. The standard InChI is InChI=1S/C21H15N5OS/c22-19-16(11-14-12-23-17-9-5-4-8-15(14)17)20(27)24-21-26(19)25-18(28-21)10-13-6-2-1-3-7-13/h1-9,11-12H,10,22H2/b14-11-. The maximum atomic E-state index is 12.6. The third-order valence-corrected chi connectivity index (χ3v) is 5.50. The van der Waals surface area contributed by atoms with E-state index in [4.69, 9.17) is 5.73 Å². The van der Waals surface area contributed by atoms with Crippen LogP contribution in [0.2, 0.25) is 0 Å². The Bertz CT molecular complexity index is 1320. The predicted molar refractivity (Wildman–Crippen MR) is 113 cm³/mol. The van der Waals surface area contributed by atoms with Crippen molar-refractivity contribution < 1.29 is 0 Å². The normalized spacial score (nSPS) is 14.1. The molecular weight excluding hydrogens is 370 g/mol. The van der Waals surface area contributed by atoms with E-state index in [9.17, 15) is 4.79 Å². The van der Waals surface area contributed by atoms with Crippen LogP contribution in [0.4, 0.5) is 11.5 Å². The second-order valence-corrected chi connectivity index (χ2v) is 7.48. The van der Waals surface area contributed by atoms with Crippen LogP contribution in [0.5, 0.6) is 0 Å². The van der Waals surface area contributed by atoms with E-state index in [1.54, 1.807) is 16.8 Å². The number of aliphatic imine (C=N–C) groups is 1. The van der Waals surface area contributed by atoms with Gasteiger partial charge in [-0.05, 0) is 17.7 Å². The predicted octanol–water partition coefficient (Wildman–Crippen LogP) is 3.58. The number of hydrogen-bond donors (Lipinski definition) is 1. The highest BCUT2D eigenvalue weighted by atomic mass is 32.1. The molecule has 0 fully saturated rings. The van der Waals surface area contributed by atoms with Gasteiger partial charge in [-0.25, -0.2) is 0 Å². The van der Waals surface area contributed by atoms with Gasteiger partial charge in [-0.1, -0.05) is 59.9 Å². The van der Waals surface area contributed by atoms with Gasteiger partial charge in [0.05, 0.1) is 11.3 Å². The fourth-order valence-corrected chi connectivity index (χ4v) is 4.13. The van der Waals surface area contributed by atoms with E-state index < -0.39 is 0 Å². The van der Waals surface area contributed by atoms with Gasteiger partial charge in [-0.2, -0.15) is 14.6 Å². The first-order chi connectivity index (χ1) is 13.7. The zero-order chi connectivity index (χ0) is 19.1. The molecule has 1 aliphatic heterocycles. The molecule has 4 aromatic rings. The summed E-state index contributed by atoms with van der Waals surface area (Å²) in [7, 11) is 0. The average Bonchev–Trinajstić information content (AvgIpc) is 3.30. The van der Waals surface area contributed by atoms with Crippen LogP contribution < -0.4 is 11.3 Å². The summed E-state index contributed by atoms with van der Waals surface area (Å²) in [4.78, 5) is 21.7. The molecule has 3 heterocycles. The van der Waals surface area contributed by atoms with Gasteiger partial charge in [-0.3, -0.25) is 9.79 Å². The Morgan fingerprint density at radius 2 is 1.86 bits per heavy atom. The zero-order valence-corrected chi connectivity index (χ0v) is 15.6. The summed E-state index contributed by atoms with van der Waals surface area (Å²) >= 11 is 1.37. The highest BCUT2D eigenvalue weighted by Gasteiger charge is 2.17. The Morgan fingerprint density at radius 1 is 1.07 bits per heavy atom. The van der Waals surface area contributed by atoms with Gasteiger partial charge in [0.25, 0.3) is 5.56 Å². The van der Waals surface area contributed by atoms with Crippen molar-refractivity contribution in [3.8, 4) is 0 Å². The molecule has 2 aromatic carbocycles. The molecule has 2 N–H and O–H groups in total. The van der Waals surface area contributed by atoms with Crippen molar-refractivity contribution in [2.24, 2.45) is 4.99 Å². The van der Waals surface area contributed by atoms with E-state index in [-0.39, 0.29) is 11.4 Å². The first-order valence-electron chi connectivity index (χ1n) is 8.76. The number of benzene rings is 2. The van der Waals surface area contributed by atoms with Gasteiger partial charge in [0.2, 0.25) is 4.96 Å². The number of nitrogens with two attached hydrogens (primary N) is 1. The van der Waals surface area contributed by atoms with Gasteiger partial charge in [-0.15, -0.1) is 0 Å². The number of para-hydroxylation sites is 1. The van der Waals surface area contributed by atoms with Crippen molar-refractivity contribution in [3.63, 3.8) is 0 Å². The van der Waals surface area contributed by atoms with Crippen molar-refractivity contribution in [1.29, 1.82) is 0 Å². The molecule has 0 amide bonds. The molecule has 5 rings (SSSR count). The van der Waals surface area contributed by atoms with E-state index in [0.29, 0.717) is 16.9 Å². The molecule has 0 atom stereocenters. The van der Waals surface area contributed by atoms with Crippen LogP contribution in [-0.4, -0.2) is 20.8 Å². The molecule has 0 saturated carbocycles. The fourth-order valence-electron chi connectivity index (χ4n) is 3.21. The van der Waals surface area contributed by atoms with Crippen LogP contribution in [0.15, 0.2) is 64.4 Å². The maximum Gasteiger partial charge on any atom is 0.283 e. The van der Waals surface area contributed by atoms with Crippen LogP contribution in [0.1, 0.15) is 21.7 Å². The number of aromatic nitrogens is 3. The highest BCUT2D eigenvalue weighted by molar-refractivity contribution is 7.16. The van der Waals surface area contributed by atoms with Crippen molar-refractivity contribution in [2.75, 3.05) is 5.73 Å². The van der Waals surface area contributed by atoms with Crippen molar-refractivity contribution in [3.05, 3.63) is 86.6 Å². The third-order valence-electron chi connectivity index (χ3n) is 4.59. The lowest BCUT2D eigenvalue weighted by atomic mass is 10.1. The summed E-state index contributed by atoms with van der Waals surface area (Å²) in [6, 6.07) is 17.8. The summed E-state index contributed by atoms with van der Waals surface area (Å²) < 4.78 is 1.55. The van der Waals surface area contributed by atoms with Crippen molar-refractivity contribution in [1.82, 2.24) is 14.6 Å². The van der Waals surface area contributed by atoms with E-state index in [1.807, 2.05) is 54.6 Å². The first-order valence-corrected chi connectivity index (χ1v) is 9.58. The number of anilines is 1. The SMILES string of the molecule is Nc1c(/C=C2/C=Nc3ccccc32)c(=O)nc2sc(Cc3ccccc3)nn12. The number of nitrogens with zero attached hydrogens (tertiary/aromatic N) is 4.